The first-order valence-electron chi connectivity index (χ1n) is 8.14. The van der Waals surface area contributed by atoms with E-state index in [2.05, 4.69) is 45.1 Å². The largest absolute Gasteiger partial charge is 0.354 e. The van der Waals surface area contributed by atoms with Crippen LogP contribution in [0, 0.1) is 0 Å². The SMILES string of the molecule is C/C(=N/NC(=O)c1ccncc1)c1ccc2c(c1)Nc1ccccc1S2. The summed E-state index contributed by atoms with van der Waals surface area (Å²) in [4.78, 5) is 18.4. The molecule has 1 aliphatic rings. The van der Waals surface area contributed by atoms with E-state index in [4.69, 9.17) is 0 Å². The first kappa shape index (κ1) is 16.4. The number of fused-ring (bicyclic) bond motifs is 2. The molecule has 4 rings (SSSR count). The van der Waals surface area contributed by atoms with E-state index in [0.717, 1.165) is 22.6 Å². The lowest BCUT2D eigenvalue weighted by molar-refractivity contribution is 0.0954. The Morgan fingerprint density at radius 1 is 1.00 bits per heavy atom. The molecular formula is C20H16N4OS. The second-order valence-electron chi connectivity index (χ2n) is 5.81. The Bertz CT molecular complexity index is 1000. The lowest BCUT2D eigenvalue weighted by Crippen LogP contribution is -2.19. The van der Waals surface area contributed by atoms with Crippen molar-refractivity contribution in [2.75, 3.05) is 5.32 Å². The molecule has 26 heavy (non-hydrogen) atoms. The van der Waals surface area contributed by atoms with Crippen LogP contribution in [0.4, 0.5) is 11.4 Å². The second kappa shape index (κ2) is 7.01. The highest BCUT2D eigenvalue weighted by molar-refractivity contribution is 7.99. The molecule has 1 aliphatic heterocycles. The van der Waals surface area contributed by atoms with Gasteiger partial charge in [0.1, 0.15) is 0 Å². The molecule has 0 bridgehead atoms. The van der Waals surface area contributed by atoms with Crippen LogP contribution in [0.1, 0.15) is 22.8 Å². The Morgan fingerprint density at radius 3 is 2.62 bits per heavy atom. The van der Waals surface area contributed by atoms with Gasteiger partial charge >= 0.3 is 0 Å². The lowest BCUT2D eigenvalue weighted by atomic mass is 10.1. The number of carbonyl (C=O) groups is 1. The minimum atomic E-state index is -0.257. The van der Waals surface area contributed by atoms with Crippen LogP contribution in [-0.4, -0.2) is 16.6 Å². The predicted octanol–water partition coefficient (Wildman–Crippen LogP) is 4.44. The molecule has 2 N–H and O–H groups in total. The quantitative estimate of drug-likeness (QED) is 0.419. The first-order valence-corrected chi connectivity index (χ1v) is 8.95. The van der Waals surface area contributed by atoms with Crippen molar-refractivity contribution in [3.05, 3.63) is 78.1 Å². The summed E-state index contributed by atoms with van der Waals surface area (Å²) in [6, 6.07) is 17.7. The Balaban J connectivity index is 1.53. The monoisotopic (exact) mass is 360 g/mol. The highest BCUT2D eigenvalue weighted by Gasteiger charge is 2.16. The molecule has 0 spiro atoms. The summed E-state index contributed by atoms with van der Waals surface area (Å²) in [6.07, 6.45) is 3.16. The number of benzene rings is 2. The predicted molar refractivity (Wildman–Crippen MR) is 104 cm³/mol. The number of aromatic nitrogens is 1. The summed E-state index contributed by atoms with van der Waals surface area (Å²) in [5.74, 6) is -0.257. The molecule has 0 atom stereocenters. The molecule has 0 aliphatic carbocycles. The maximum atomic E-state index is 12.1. The van der Waals surface area contributed by atoms with Gasteiger partial charge in [0.05, 0.1) is 17.1 Å². The fraction of sp³-hybridized carbons (Fsp3) is 0.0500. The zero-order valence-electron chi connectivity index (χ0n) is 14.1. The van der Waals surface area contributed by atoms with Gasteiger partial charge in [0, 0.05) is 27.7 Å². The molecule has 0 saturated heterocycles. The molecule has 0 unspecified atom stereocenters. The van der Waals surface area contributed by atoms with Gasteiger partial charge in [-0.05, 0) is 48.9 Å². The normalized spacial score (nSPS) is 12.6. The summed E-state index contributed by atoms with van der Waals surface area (Å²) in [7, 11) is 0. The maximum Gasteiger partial charge on any atom is 0.271 e. The van der Waals surface area contributed by atoms with Crippen molar-refractivity contribution >= 4 is 34.8 Å². The van der Waals surface area contributed by atoms with Crippen LogP contribution < -0.4 is 10.7 Å². The Labute approximate surface area is 155 Å². The fourth-order valence-electron chi connectivity index (χ4n) is 2.63. The first-order chi connectivity index (χ1) is 12.7. The van der Waals surface area contributed by atoms with Crippen molar-refractivity contribution in [3.63, 3.8) is 0 Å². The van der Waals surface area contributed by atoms with Gasteiger partial charge < -0.3 is 5.32 Å². The topological polar surface area (TPSA) is 66.4 Å². The molecule has 128 valence electrons. The summed E-state index contributed by atoms with van der Waals surface area (Å²) in [6.45, 7) is 1.87. The molecule has 2 aromatic carbocycles. The zero-order valence-corrected chi connectivity index (χ0v) is 14.9. The molecule has 0 fully saturated rings. The third kappa shape index (κ3) is 3.32. The van der Waals surface area contributed by atoms with Crippen molar-refractivity contribution < 1.29 is 4.79 Å². The number of pyridine rings is 1. The molecule has 1 aromatic heterocycles. The van der Waals surface area contributed by atoms with E-state index < -0.39 is 0 Å². The third-order valence-corrected chi connectivity index (χ3v) is 5.19. The standard InChI is InChI=1S/C20H16N4OS/c1-13(23-24-20(25)14-8-10-21-11-9-14)15-6-7-19-17(12-15)22-16-4-2-3-5-18(16)26-19/h2-12,22H,1H3,(H,24,25)/b23-13-. The van der Waals surface area contributed by atoms with Crippen molar-refractivity contribution in [2.24, 2.45) is 5.10 Å². The van der Waals surface area contributed by atoms with Crippen LogP contribution in [0.25, 0.3) is 0 Å². The number of hydrogen-bond acceptors (Lipinski definition) is 5. The van der Waals surface area contributed by atoms with E-state index in [1.807, 2.05) is 25.1 Å². The summed E-state index contributed by atoms with van der Waals surface area (Å²) in [5, 5.41) is 7.68. The average Bonchev–Trinajstić information content (AvgIpc) is 2.70. The maximum absolute atomic E-state index is 12.1. The summed E-state index contributed by atoms with van der Waals surface area (Å²) >= 11 is 1.74. The van der Waals surface area contributed by atoms with Crippen molar-refractivity contribution in [3.8, 4) is 0 Å². The van der Waals surface area contributed by atoms with Gasteiger partial charge in [-0.2, -0.15) is 5.10 Å². The Morgan fingerprint density at radius 2 is 1.77 bits per heavy atom. The highest BCUT2D eigenvalue weighted by atomic mass is 32.2. The Hall–Kier alpha value is -3.12. The van der Waals surface area contributed by atoms with Gasteiger partial charge in [-0.1, -0.05) is 30.0 Å². The molecule has 2 heterocycles. The van der Waals surface area contributed by atoms with E-state index in [9.17, 15) is 4.79 Å². The van der Waals surface area contributed by atoms with E-state index in [-0.39, 0.29) is 5.91 Å². The van der Waals surface area contributed by atoms with E-state index >= 15 is 0 Å². The van der Waals surface area contributed by atoms with Crippen molar-refractivity contribution in [1.29, 1.82) is 0 Å². The third-order valence-electron chi connectivity index (χ3n) is 4.04. The van der Waals surface area contributed by atoms with Crippen molar-refractivity contribution in [1.82, 2.24) is 10.4 Å². The Kier molecular flexibility index (Phi) is 4.41. The van der Waals surface area contributed by atoms with Crippen LogP contribution in [0.15, 0.2) is 81.9 Å². The van der Waals surface area contributed by atoms with Crippen molar-refractivity contribution in [2.45, 2.75) is 16.7 Å². The fourth-order valence-corrected chi connectivity index (χ4v) is 3.60. The van der Waals surface area contributed by atoms with Crippen LogP contribution >= 0.6 is 11.8 Å². The minimum absolute atomic E-state index is 0.257. The minimum Gasteiger partial charge on any atom is -0.354 e. The van der Waals surface area contributed by atoms with Gasteiger partial charge in [0.15, 0.2) is 0 Å². The zero-order chi connectivity index (χ0) is 17.9. The summed E-state index contributed by atoms with van der Waals surface area (Å²) < 4.78 is 0. The molecule has 6 heteroatoms. The van der Waals surface area contributed by atoms with E-state index in [0.29, 0.717) is 5.56 Å². The summed E-state index contributed by atoms with van der Waals surface area (Å²) in [5.41, 5.74) is 6.94. The number of para-hydroxylation sites is 1. The molecule has 1 amide bonds. The number of hydrogen-bond donors (Lipinski definition) is 2. The highest BCUT2D eigenvalue weighted by Crippen LogP contribution is 2.44. The number of rotatable bonds is 3. The van der Waals surface area contributed by atoms with Crippen LogP contribution in [0.5, 0.6) is 0 Å². The number of hydrazone groups is 1. The number of anilines is 2. The van der Waals surface area contributed by atoms with Gasteiger partial charge in [0.25, 0.3) is 5.91 Å². The molecule has 0 saturated carbocycles. The molecular weight excluding hydrogens is 344 g/mol. The lowest BCUT2D eigenvalue weighted by Gasteiger charge is -2.21. The smallest absolute Gasteiger partial charge is 0.271 e. The number of nitrogens with one attached hydrogen (secondary N) is 2. The van der Waals surface area contributed by atoms with Crippen LogP contribution in [0.3, 0.4) is 0 Å². The van der Waals surface area contributed by atoms with E-state index in [1.165, 1.54) is 9.79 Å². The van der Waals surface area contributed by atoms with Crippen LogP contribution in [-0.2, 0) is 0 Å². The molecule has 0 radical (unpaired) electrons. The van der Waals surface area contributed by atoms with Gasteiger partial charge in [-0.25, -0.2) is 5.43 Å². The number of carbonyl (C=O) groups excluding carboxylic acids is 1. The van der Waals surface area contributed by atoms with Gasteiger partial charge in [-0.15, -0.1) is 0 Å². The van der Waals surface area contributed by atoms with E-state index in [1.54, 1.807) is 36.3 Å². The average molecular weight is 360 g/mol. The molecule has 5 nitrogen and oxygen atoms in total. The second-order valence-corrected chi connectivity index (χ2v) is 6.89. The van der Waals surface area contributed by atoms with Gasteiger partial charge in [-0.3, -0.25) is 9.78 Å². The number of amides is 1. The number of nitrogens with zero attached hydrogens (tertiary/aromatic N) is 2. The van der Waals surface area contributed by atoms with Gasteiger partial charge in [0.2, 0.25) is 0 Å². The van der Waals surface area contributed by atoms with Crippen LogP contribution in [0.2, 0.25) is 0 Å². The molecule has 3 aromatic rings.